The zero-order valence-corrected chi connectivity index (χ0v) is 16.6. The maximum atomic E-state index is 13.0. The van der Waals surface area contributed by atoms with Crippen LogP contribution in [0, 0.1) is 11.8 Å². The Bertz CT molecular complexity index is 1300. The van der Waals surface area contributed by atoms with Crippen molar-refractivity contribution in [2.45, 2.75) is 18.3 Å². The molecule has 2 aromatic carbocycles. The van der Waals surface area contributed by atoms with Gasteiger partial charge >= 0.3 is 12.2 Å². The summed E-state index contributed by atoms with van der Waals surface area (Å²) in [7, 11) is 1.48. The summed E-state index contributed by atoms with van der Waals surface area (Å²) in [6.45, 7) is -0.278. The van der Waals surface area contributed by atoms with Gasteiger partial charge in [-0.3, -0.25) is 10.1 Å². The summed E-state index contributed by atoms with van der Waals surface area (Å²) < 4.78 is 45.4. The van der Waals surface area contributed by atoms with Crippen LogP contribution in [0.15, 0.2) is 48.7 Å². The number of fused-ring (bicyclic) bond motifs is 1. The van der Waals surface area contributed by atoms with Gasteiger partial charge in [0.25, 0.3) is 5.91 Å². The maximum absolute atomic E-state index is 13.0. The van der Waals surface area contributed by atoms with E-state index < -0.39 is 29.2 Å². The average Bonchev–Trinajstić information content (AvgIpc) is 3.21. The minimum absolute atomic E-state index is 0.0137. The summed E-state index contributed by atoms with van der Waals surface area (Å²) in [6.07, 6.45) is -2.98. The highest BCUT2D eigenvalue weighted by molar-refractivity contribution is 6.09. The molecule has 3 N–H and O–H groups in total. The second kappa shape index (κ2) is 7.53. The Morgan fingerprint density at radius 2 is 1.97 bits per heavy atom. The van der Waals surface area contributed by atoms with Crippen molar-refractivity contribution < 1.29 is 32.6 Å². The third-order valence-electron chi connectivity index (χ3n) is 5.03. The first-order valence-corrected chi connectivity index (χ1v) is 9.31. The Hall–Kier alpha value is -4.13. The van der Waals surface area contributed by atoms with Crippen LogP contribution >= 0.6 is 0 Å². The van der Waals surface area contributed by atoms with E-state index >= 15 is 0 Å². The van der Waals surface area contributed by atoms with E-state index in [0.29, 0.717) is 16.5 Å². The van der Waals surface area contributed by atoms with Gasteiger partial charge in [0.2, 0.25) is 5.54 Å². The van der Waals surface area contributed by atoms with Crippen molar-refractivity contribution in [1.82, 2.24) is 15.2 Å². The van der Waals surface area contributed by atoms with E-state index in [2.05, 4.69) is 22.5 Å². The van der Waals surface area contributed by atoms with E-state index in [-0.39, 0.29) is 18.0 Å². The van der Waals surface area contributed by atoms with Crippen LogP contribution in [0.4, 0.5) is 18.0 Å². The van der Waals surface area contributed by atoms with Crippen molar-refractivity contribution >= 4 is 22.7 Å². The fraction of sp³-hybridized carbons (Fsp3) is 0.182. The summed E-state index contributed by atoms with van der Waals surface area (Å²) >= 11 is 0. The first kappa shape index (κ1) is 21.1. The third kappa shape index (κ3) is 3.80. The van der Waals surface area contributed by atoms with Gasteiger partial charge in [0.05, 0.1) is 19.2 Å². The van der Waals surface area contributed by atoms with Crippen LogP contribution in [0.3, 0.4) is 0 Å². The molecule has 3 amide bonds. The number of carbonyl (C=O) groups excluding carboxylic acids is 2. The lowest BCUT2D eigenvalue weighted by atomic mass is 9.99. The van der Waals surface area contributed by atoms with E-state index in [0.717, 1.165) is 12.1 Å². The van der Waals surface area contributed by atoms with E-state index in [1.54, 1.807) is 24.4 Å². The summed E-state index contributed by atoms with van der Waals surface area (Å²) in [6, 6.07) is 8.52. The molecule has 1 aromatic heterocycles. The van der Waals surface area contributed by atoms with Gasteiger partial charge in [-0.1, -0.05) is 17.9 Å². The number of alkyl halides is 3. The monoisotopic (exact) mass is 443 g/mol. The smallest absolute Gasteiger partial charge is 0.416 e. The molecule has 32 heavy (non-hydrogen) atoms. The zero-order chi connectivity index (χ0) is 23.1. The number of methoxy groups -OCH3 is 1. The lowest BCUT2D eigenvalue weighted by Crippen LogP contribution is -2.49. The molecule has 0 unspecified atom stereocenters. The van der Waals surface area contributed by atoms with Gasteiger partial charge in [0.15, 0.2) is 5.88 Å². The number of carbonyl (C=O) groups is 2. The molecule has 0 radical (unpaired) electrons. The average molecular weight is 443 g/mol. The molecule has 7 nitrogen and oxygen atoms in total. The second-order valence-electron chi connectivity index (χ2n) is 7.18. The van der Waals surface area contributed by atoms with E-state index in [4.69, 9.17) is 4.74 Å². The van der Waals surface area contributed by atoms with Gasteiger partial charge in [-0.25, -0.2) is 4.79 Å². The summed E-state index contributed by atoms with van der Waals surface area (Å²) in [5, 5.41) is 16.2. The summed E-state index contributed by atoms with van der Waals surface area (Å²) in [5.74, 6) is 4.68. The fourth-order valence-corrected chi connectivity index (χ4v) is 3.41. The molecule has 1 fully saturated rings. The highest BCUT2D eigenvalue weighted by Gasteiger charge is 2.46. The van der Waals surface area contributed by atoms with Gasteiger partial charge in [0, 0.05) is 22.5 Å². The van der Waals surface area contributed by atoms with Crippen LogP contribution in [0.1, 0.15) is 11.1 Å². The number of amides is 3. The molecule has 0 aliphatic carbocycles. The lowest BCUT2D eigenvalue weighted by Gasteiger charge is -2.20. The van der Waals surface area contributed by atoms with Crippen LogP contribution in [-0.4, -0.2) is 34.3 Å². The van der Waals surface area contributed by atoms with E-state index in [1.807, 2.05) is 0 Å². The van der Waals surface area contributed by atoms with Crippen LogP contribution < -0.4 is 15.4 Å². The molecule has 2 heterocycles. The molecule has 3 aromatic rings. The number of urea groups is 1. The Kier molecular flexibility index (Phi) is 4.97. The van der Waals surface area contributed by atoms with Crippen molar-refractivity contribution in [2.24, 2.45) is 0 Å². The number of ether oxygens (including phenoxy) is 1. The SMILES string of the molecule is COc1ccc2cn(C[C@@]3(C#Cc4cccc(C(F)(F)F)c4)NC(=O)NC3=O)c(O)c2c1. The Morgan fingerprint density at radius 1 is 1.19 bits per heavy atom. The molecule has 1 atom stereocenters. The number of imide groups is 1. The fourth-order valence-electron chi connectivity index (χ4n) is 3.41. The molecule has 1 aliphatic heterocycles. The van der Waals surface area contributed by atoms with Crippen molar-refractivity contribution in [3.05, 3.63) is 59.8 Å². The maximum Gasteiger partial charge on any atom is 0.416 e. The lowest BCUT2D eigenvalue weighted by molar-refractivity contribution is -0.137. The minimum Gasteiger partial charge on any atom is -0.497 e. The molecule has 0 bridgehead atoms. The van der Waals surface area contributed by atoms with Gasteiger partial charge in [-0.2, -0.15) is 13.2 Å². The van der Waals surface area contributed by atoms with Gasteiger partial charge in [0.1, 0.15) is 5.75 Å². The highest BCUT2D eigenvalue weighted by atomic mass is 19.4. The topological polar surface area (TPSA) is 92.6 Å². The van der Waals surface area contributed by atoms with Crippen molar-refractivity contribution in [2.75, 3.05) is 7.11 Å². The molecule has 1 saturated heterocycles. The van der Waals surface area contributed by atoms with Gasteiger partial charge in [-0.15, -0.1) is 0 Å². The number of benzene rings is 2. The normalized spacial score (nSPS) is 18.1. The highest BCUT2D eigenvalue weighted by Crippen LogP contribution is 2.32. The van der Waals surface area contributed by atoms with Gasteiger partial charge in [-0.05, 0) is 36.4 Å². The van der Waals surface area contributed by atoms with E-state index in [1.165, 1.54) is 23.8 Å². The van der Waals surface area contributed by atoms with Crippen LogP contribution in [0.2, 0.25) is 0 Å². The molecule has 0 saturated carbocycles. The van der Waals surface area contributed by atoms with Crippen molar-refractivity contribution in [3.63, 3.8) is 0 Å². The molecular weight excluding hydrogens is 427 g/mol. The number of hydrogen-bond donors (Lipinski definition) is 3. The minimum atomic E-state index is -4.55. The summed E-state index contributed by atoms with van der Waals surface area (Å²) in [5.41, 5.74) is -2.68. The number of halogens is 3. The Labute approximate surface area is 179 Å². The Morgan fingerprint density at radius 3 is 2.62 bits per heavy atom. The number of nitrogens with zero attached hydrogens (tertiary/aromatic N) is 1. The quantitative estimate of drug-likeness (QED) is 0.429. The molecule has 0 spiro atoms. The molecule has 1 aliphatic rings. The number of hydrogen-bond acceptors (Lipinski definition) is 4. The van der Waals surface area contributed by atoms with Crippen molar-refractivity contribution in [3.8, 4) is 23.5 Å². The predicted molar refractivity (Wildman–Crippen MR) is 108 cm³/mol. The number of nitrogens with one attached hydrogen (secondary N) is 2. The number of aromatic hydroxyl groups is 1. The zero-order valence-electron chi connectivity index (χ0n) is 16.6. The Balaban J connectivity index is 1.75. The number of rotatable bonds is 3. The predicted octanol–water partition coefficient (Wildman–Crippen LogP) is 3.00. The number of aromatic nitrogens is 1. The second-order valence-corrected chi connectivity index (χ2v) is 7.18. The third-order valence-corrected chi connectivity index (χ3v) is 5.03. The van der Waals surface area contributed by atoms with E-state index in [9.17, 15) is 27.9 Å². The molecule has 4 rings (SSSR count). The van der Waals surface area contributed by atoms with Crippen LogP contribution in [0.25, 0.3) is 10.8 Å². The van der Waals surface area contributed by atoms with Crippen LogP contribution in [-0.2, 0) is 17.5 Å². The van der Waals surface area contributed by atoms with Crippen molar-refractivity contribution in [1.29, 1.82) is 0 Å². The summed E-state index contributed by atoms with van der Waals surface area (Å²) in [4.78, 5) is 24.4. The standard InChI is InChI=1S/C22H16F3N3O4/c1-32-16-6-5-14-11-28(18(29)17(14)10-16)12-21(19(30)26-20(31)27-21)8-7-13-3-2-4-15(9-13)22(23,24)25/h2-6,9-11,29H,12H2,1H3,(H2,26,27,30,31)/t21-/m1/s1. The largest absolute Gasteiger partial charge is 0.497 e. The molecule has 10 heteroatoms. The molecule has 164 valence electrons. The molecular formula is C22H16F3N3O4. The van der Waals surface area contributed by atoms with Gasteiger partial charge < -0.3 is 19.7 Å². The first-order valence-electron chi connectivity index (χ1n) is 9.31. The first-order chi connectivity index (χ1) is 15.1. The van der Waals surface area contributed by atoms with Crippen LogP contribution in [0.5, 0.6) is 11.6 Å².